The highest BCUT2D eigenvalue weighted by Crippen LogP contribution is 2.26. The molecule has 0 aliphatic carbocycles. The molecule has 4 nitrogen and oxygen atoms in total. The van der Waals surface area contributed by atoms with E-state index < -0.39 is 0 Å². The number of thiazole rings is 1. The van der Waals surface area contributed by atoms with Gasteiger partial charge in [-0.2, -0.15) is 5.10 Å². The fourth-order valence-corrected chi connectivity index (χ4v) is 2.32. The highest BCUT2D eigenvalue weighted by atomic mass is 32.1. The van der Waals surface area contributed by atoms with Crippen LogP contribution in [0.2, 0.25) is 0 Å². The summed E-state index contributed by atoms with van der Waals surface area (Å²) in [4.78, 5) is 4.47. The minimum Gasteiger partial charge on any atom is -0.508 e. The summed E-state index contributed by atoms with van der Waals surface area (Å²) in [5.41, 5.74) is 4.83. The molecule has 0 amide bonds. The molecule has 0 saturated heterocycles. The zero-order chi connectivity index (χ0) is 13.9. The third-order valence-electron chi connectivity index (χ3n) is 2.52. The van der Waals surface area contributed by atoms with Gasteiger partial charge in [0.1, 0.15) is 5.75 Å². The summed E-state index contributed by atoms with van der Waals surface area (Å²) >= 11 is 1.53. The average molecular weight is 275 g/mol. The van der Waals surface area contributed by atoms with Crippen LogP contribution in [0.25, 0.3) is 0 Å². The third-order valence-corrected chi connectivity index (χ3v) is 3.26. The summed E-state index contributed by atoms with van der Waals surface area (Å²) in [6.07, 6.45) is 1.65. The lowest BCUT2D eigenvalue weighted by molar-refractivity contribution is 0.475. The molecule has 0 aliphatic heterocycles. The number of benzene rings is 1. The van der Waals surface area contributed by atoms with Gasteiger partial charge in [0.25, 0.3) is 0 Å². The topological polar surface area (TPSA) is 57.5 Å². The van der Waals surface area contributed by atoms with Crippen LogP contribution in [0.4, 0.5) is 5.13 Å². The van der Waals surface area contributed by atoms with Crippen molar-refractivity contribution in [3.05, 3.63) is 40.9 Å². The number of hydrazone groups is 1. The van der Waals surface area contributed by atoms with Crippen molar-refractivity contribution in [2.75, 3.05) is 5.43 Å². The molecule has 100 valence electrons. The van der Waals surface area contributed by atoms with Crippen LogP contribution < -0.4 is 5.43 Å². The summed E-state index contributed by atoms with van der Waals surface area (Å²) in [6, 6.07) is 6.92. The van der Waals surface area contributed by atoms with E-state index in [9.17, 15) is 5.11 Å². The van der Waals surface area contributed by atoms with Gasteiger partial charge in [0.05, 0.1) is 11.9 Å². The van der Waals surface area contributed by atoms with Gasteiger partial charge in [-0.25, -0.2) is 4.98 Å². The van der Waals surface area contributed by atoms with Gasteiger partial charge in [-0.1, -0.05) is 32.9 Å². The van der Waals surface area contributed by atoms with Gasteiger partial charge in [0.15, 0.2) is 0 Å². The molecule has 0 atom stereocenters. The number of aromatic nitrogens is 1. The summed E-state index contributed by atoms with van der Waals surface area (Å²) in [7, 11) is 0. The molecule has 0 bridgehead atoms. The number of nitrogens with one attached hydrogen (secondary N) is 1. The fraction of sp³-hybridized carbons (Fsp3) is 0.286. The van der Waals surface area contributed by atoms with E-state index in [4.69, 9.17) is 0 Å². The van der Waals surface area contributed by atoms with Crippen molar-refractivity contribution in [3.8, 4) is 5.75 Å². The first-order valence-electron chi connectivity index (χ1n) is 5.99. The van der Waals surface area contributed by atoms with Crippen molar-refractivity contribution < 1.29 is 5.11 Å². The maximum absolute atomic E-state index is 9.33. The molecule has 0 unspecified atom stereocenters. The molecule has 2 aromatic rings. The molecule has 2 rings (SSSR count). The van der Waals surface area contributed by atoms with E-state index in [0.717, 1.165) is 16.4 Å². The van der Waals surface area contributed by atoms with Crippen molar-refractivity contribution in [1.29, 1.82) is 0 Å². The van der Waals surface area contributed by atoms with Crippen molar-refractivity contribution in [2.24, 2.45) is 5.10 Å². The molecule has 0 spiro atoms. The standard InChI is InChI=1S/C14H17N3OS/c1-14(2,3)12-9-19-13(16-12)17-15-8-10-5-4-6-11(18)7-10/h4-9,18H,1-3H3,(H,16,17)/b15-8+. The predicted molar refractivity (Wildman–Crippen MR) is 80.1 cm³/mol. The zero-order valence-electron chi connectivity index (χ0n) is 11.2. The number of phenolic OH excluding ortho intramolecular Hbond substituents is 1. The number of nitrogens with zero attached hydrogens (tertiary/aromatic N) is 2. The van der Waals surface area contributed by atoms with Gasteiger partial charge in [-0.3, -0.25) is 5.43 Å². The molecule has 1 aromatic heterocycles. The third kappa shape index (κ3) is 3.79. The Morgan fingerprint density at radius 3 is 2.79 bits per heavy atom. The van der Waals surface area contributed by atoms with Crippen molar-refractivity contribution in [1.82, 2.24) is 4.98 Å². The second kappa shape index (κ2) is 5.40. The van der Waals surface area contributed by atoms with E-state index in [1.165, 1.54) is 11.3 Å². The fourth-order valence-electron chi connectivity index (χ4n) is 1.44. The Kier molecular flexibility index (Phi) is 3.85. The molecule has 0 saturated carbocycles. The van der Waals surface area contributed by atoms with Crippen LogP contribution in [-0.2, 0) is 5.41 Å². The first-order chi connectivity index (χ1) is 8.95. The van der Waals surface area contributed by atoms with E-state index in [2.05, 4.69) is 36.3 Å². The number of phenols is 1. The number of hydrogen-bond acceptors (Lipinski definition) is 5. The van der Waals surface area contributed by atoms with Gasteiger partial charge in [0.2, 0.25) is 5.13 Å². The average Bonchev–Trinajstić information content (AvgIpc) is 2.77. The first kappa shape index (κ1) is 13.5. The lowest BCUT2D eigenvalue weighted by Crippen LogP contribution is -2.11. The maximum Gasteiger partial charge on any atom is 0.203 e. The summed E-state index contributed by atoms with van der Waals surface area (Å²) in [5.74, 6) is 0.230. The van der Waals surface area contributed by atoms with E-state index >= 15 is 0 Å². The summed E-state index contributed by atoms with van der Waals surface area (Å²) < 4.78 is 0. The number of aromatic hydroxyl groups is 1. The van der Waals surface area contributed by atoms with Gasteiger partial charge < -0.3 is 5.11 Å². The SMILES string of the molecule is CC(C)(C)c1csc(N/N=C/c2cccc(O)c2)n1. The van der Waals surface area contributed by atoms with E-state index in [1.54, 1.807) is 24.4 Å². The lowest BCUT2D eigenvalue weighted by Gasteiger charge is -2.13. The molecule has 5 heteroatoms. The Bertz CT molecular complexity index is 584. The molecule has 2 N–H and O–H groups in total. The first-order valence-corrected chi connectivity index (χ1v) is 6.87. The smallest absolute Gasteiger partial charge is 0.203 e. The van der Waals surface area contributed by atoms with Gasteiger partial charge in [-0.15, -0.1) is 11.3 Å². The summed E-state index contributed by atoms with van der Waals surface area (Å²) in [6.45, 7) is 6.38. The van der Waals surface area contributed by atoms with Crippen LogP contribution in [0, 0.1) is 0 Å². The largest absolute Gasteiger partial charge is 0.508 e. The monoisotopic (exact) mass is 275 g/mol. The van der Waals surface area contributed by atoms with Gasteiger partial charge >= 0.3 is 0 Å². The highest BCUT2D eigenvalue weighted by molar-refractivity contribution is 7.13. The summed E-state index contributed by atoms with van der Waals surface area (Å²) in [5, 5.41) is 16.2. The molecule has 0 radical (unpaired) electrons. The molecular formula is C14H17N3OS. The Morgan fingerprint density at radius 1 is 1.37 bits per heavy atom. The quantitative estimate of drug-likeness (QED) is 0.665. The number of rotatable bonds is 3. The predicted octanol–water partition coefficient (Wildman–Crippen LogP) is 3.59. The molecular weight excluding hydrogens is 258 g/mol. The normalized spacial score (nSPS) is 11.9. The molecule has 0 fully saturated rings. The van der Waals surface area contributed by atoms with Crippen molar-refractivity contribution in [2.45, 2.75) is 26.2 Å². The zero-order valence-corrected chi connectivity index (χ0v) is 12.0. The second-order valence-electron chi connectivity index (χ2n) is 5.25. The van der Waals surface area contributed by atoms with Crippen molar-refractivity contribution >= 4 is 22.7 Å². The van der Waals surface area contributed by atoms with Crippen LogP contribution in [0.15, 0.2) is 34.7 Å². The van der Waals surface area contributed by atoms with Crippen LogP contribution >= 0.6 is 11.3 Å². The minimum absolute atomic E-state index is 0.0470. The number of anilines is 1. The van der Waals surface area contributed by atoms with E-state index in [1.807, 2.05) is 11.4 Å². The Morgan fingerprint density at radius 2 is 2.16 bits per heavy atom. The maximum atomic E-state index is 9.33. The second-order valence-corrected chi connectivity index (χ2v) is 6.11. The molecule has 1 aromatic carbocycles. The number of hydrogen-bond donors (Lipinski definition) is 2. The highest BCUT2D eigenvalue weighted by Gasteiger charge is 2.17. The minimum atomic E-state index is 0.0470. The van der Waals surface area contributed by atoms with Crippen LogP contribution in [0.1, 0.15) is 32.0 Å². The van der Waals surface area contributed by atoms with E-state index in [0.29, 0.717) is 0 Å². The van der Waals surface area contributed by atoms with E-state index in [-0.39, 0.29) is 11.2 Å². The van der Waals surface area contributed by atoms with Crippen LogP contribution in [0.3, 0.4) is 0 Å². The molecule has 0 aliphatic rings. The van der Waals surface area contributed by atoms with Crippen LogP contribution in [-0.4, -0.2) is 16.3 Å². The Labute approximate surface area is 116 Å². The van der Waals surface area contributed by atoms with Gasteiger partial charge in [-0.05, 0) is 17.7 Å². The Balaban J connectivity index is 2.01. The lowest BCUT2D eigenvalue weighted by atomic mass is 9.93. The molecule has 19 heavy (non-hydrogen) atoms. The van der Waals surface area contributed by atoms with Crippen LogP contribution in [0.5, 0.6) is 5.75 Å². The molecule has 1 heterocycles. The van der Waals surface area contributed by atoms with Gasteiger partial charge in [0, 0.05) is 10.8 Å². The Hall–Kier alpha value is -1.88. The van der Waals surface area contributed by atoms with Crippen molar-refractivity contribution in [3.63, 3.8) is 0 Å².